The van der Waals surface area contributed by atoms with Crippen molar-refractivity contribution in [1.82, 2.24) is 0 Å². The topological polar surface area (TPSA) is 33.5 Å². The van der Waals surface area contributed by atoms with Crippen molar-refractivity contribution in [3.63, 3.8) is 0 Å². The fourth-order valence-corrected chi connectivity index (χ4v) is 3.09. The molecule has 1 aromatic rings. The number of hydrogen-bond donors (Lipinski definition) is 2. The molecule has 1 saturated heterocycles. The molecule has 6 heteroatoms. The molecule has 0 bridgehead atoms. The normalized spacial score (nSPS) is 17.7. The zero-order valence-corrected chi connectivity index (χ0v) is 12.9. The summed E-state index contributed by atoms with van der Waals surface area (Å²) in [5.74, 6) is -2.44. The highest BCUT2D eigenvalue weighted by Crippen LogP contribution is 2.26. The number of halogens is 2. The van der Waals surface area contributed by atoms with E-state index in [1.165, 1.54) is 24.2 Å². The van der Waals surface area contributed by atoms with Crippen LogP contribution in [0.4, 0.5) is 14.5 Å². The van der Waals surface area contributed by atoms with Crippen LogP contribution in [-0.2, 0) is 4.79 Å². The van der Waals surface area contributed by atoms with Crippen LogP contribution < -0.4 is 10.2 Å². The molecule has 21 heavy (non-hydrogen) atoms. The van der Waals surface area contributed by atoms with Gasteiger partial charge >= 0.3 is 0 Å². The van der Waals surface area contributed by atoms with Crippen LogP contribution >= 0.6 is 11.8 Å². The van der Waals surface area contributed by atoms with Gasteiger partial charge < -0.3 is 10.2 Å². The summed E-state index contributed by atoms with van der Waals surface area (Å²) in [6, 6.07) is 6.46. The van der Waals surface area contributed by atoms with Gasteiger partial charge in [-0.3, -0.25) is 4.79 Å². The summed E-state index contributed by atoms with van der Waals surface area (Å²) in [6.45, 7) is 4.02. The van der Waals surface area contributed by atoms with E-state index in [9.17, 15) is 13.6 Å². The fourth-order valence-electron chi connectivity index (χ4n) is 2.59. The Morgan fingerprint density at radius 3 is 2.38 bits per heavy atom. The molecule has 1 atom stereocenters. The molecule has 1 heterocycles. The maximum atomic E-state index is 12.2. The lowest BCUT2D eigenvalue weighted by molar-refractivity contribution is -0.918. The van der Waals surface area contributed by atoms with Crippen LogP contribution in [-0.4, -0.2) is 30.8 Å². The number of hydrogen-bond acceptors (Lipinski definition) is 2. The molecule has 1 aliphatic rings. The number of piperidine rings is 1. The van der Waals surface area contributed by atoms with Crippen molar-refractivity contribution in [1.29, 1.82) is 0 Å². The first-order valence-electron chi connectivity index (χ1n) is 7.26. The lowest BCUT2D eigenvalue weighted by atomic mass is 10.1. The second-order valence-electron chi connectivity index (χ2n) is 5.33. The van der Waals surface area contributed by atoms with Crippen molar-refractivity contribution in [2.45, 2.75) is 42.9 Å². The predicted molar refractivity (Wildman–Crippen MR) is 80.9 cm³/mol. The molecule has 0 saturated carbocycles. The number of carbonyl (C=O) groups excluding carboxylic acids is 1. The molecule has 1 amide bonds. The number of amides is 1. The molecule has 1 fully saturated rings. The third-order valence-electron chi connectivity index (χ3n) is 3.85. The van der Waals surface area contributed by atoms with Gasteiger partial charge in [0.25, 0.3) is 11.7 Å². The highest BCUT2D eigenvalue weighted by atomic mass is 32.2. The maximum absolute atomic E-state index is 12.2. The number of alkyl halides is 2. The first-order valence-corrected chi connectivity index (χ1v) is 8.14. The van der Waals surface area contributed by atoms with Crippen molar-refractivity contribution in [3.05, 3.63) is 24.3 Å². The molecule has 0 spiro atoms. The maximum Gasteiger partial charge on any atom is 0.288 e. The number of anilines is 1. The minimum atomic E-state index is -2.42. The Morgan fingerprint density at radius 2 is 1.81 bits per heavy atom. The Hall–Kier alpha value is -1.14. The number of quaternary nitrogens is 1. The molecule has 1 aliphatic heterocycles. The highest BCUT2D eigenvalue weighted by molar-refractivity contribution is 7.99. The molecule has 2 N–H and O–H groups in total. The minimum absolute atomic E-state index is 0.0128. The molecule has 116 valence electrons. The van der Waals surface area contributed by atoms with Crippen LogP contribution in [0.3, 0.4) is 0 Å². The largest absolute Gasteiger partial charge is 0.325 e. The van der Waals surface area contributed by atoms with E-state index in [1.54, 1.807) is 24.3 Å². The average molecular weight is 315 g/mol. The van der Waals surface area contributed by atoms with Gasteiger partial charge in [0.05, 0.1) is 13.1 Å². The first kappa shape index (κ1) is 16.2. The quantitative estimate of drug-likeness (QED) is 0.818. The molecule has 1 aromatic carbocycles. The molecule has 2 rings (SSSR count). The van der Waals surface area contributed by atoms with Crippen molar-refractivity contribution >= 4 is 23.4 Å². The van der Waals surface area contributed by atoms with Crippen LogP contribution in [0.5, 0.6) is 0 Å². The first-order chi connectivity index (χ1) is 10.1. The SMILES string of the molecule is C[C@H](C(=O)Nc1ccc(SC(F)F)cc1)[NH+]1CCCCC1. The van der Waals surface area contributed by atoms with E-state index in [1.807, 2.05) is 6.92 Å². The van der Waals surface area contributed by atoms with E-state index in [0.717, 1.165) is 13.1 Å². The number of benzene rings is 1. The molecule has 0 aromatic heterocycles. The summed E-state index contributed by atoms with van der Waals surface area (Å²) in [6.07, 6.45) is 3.60. The summed E-state index contributed by atoms with van der Waals surface area (Å²) < 4.78 is 24.5. The molecular formula is C15H21F2N2OS+. The second kappa shape index (κ2) is 7.75. The average Bonchev–Trinajstić information content (AvgIpc) is 2.49. The molecular weight excluding hydrogens is 294 g/mol. The monoisotopic (exact) mass is 315 g/mol. The number of rotatable bonds is 5. The Labute approximate surface area is 128 Å². The van der Waals surface area contributed by atoms with Crippen LogP contribution in [0.2, 0.25) is 0 Å². The van der Waals surface area contributed by atoms with Crippen molar-refractivity contribution in [2.75, 3.05) is 18.4 Å². The molecule has 0 unspecified atom stereocenters. The zero-order chi connectivity index (χ0) is 15.2. The smallest absolute Gasteiger partial charge is 0.288 e. The van der Waals surface area contributed by atoms with E-state index in [-0.39, 0.29) is 11.9 Å². The third-order valence-corrected chi connectivity index (χ3v) is 4.57. The lowest BCUT2D eigenvalue weighted by Gasteiger charge is -2.28. The van der Waals surface area contributed by atoms with E-state index in [0.29, 0.717) is 22.3 Å². The Morgan fingerprint density at radius 1 is 1.19 bits per heavy atom. The van der Waals surface area contributed by atoms with Gasteiger partial charge in [-0.1, -0.05) is 11.8 Å². The zero-order valence-electron chi connectivity index (χ0n) is 12.1. The lowest BCUT2D eigenvalue weighted by Crippen LogP contribution is -3.17. The van der Waals surface area contributed by atoms with Gasteiger partial charge in [0, 0.05) is 10.6 Å². The van der Waals surface area contributed by atoms with Crippen LogP contribution in [0.1, 0.15) is 26.2 Å². The number of thioether (sulfide) groups is 1. The van der Waals surface area contributed by atoms with Gasteiger partial charge in [-0.05, 0) is 50.5 Å². The Kier molecular flexibility index (Phi) is 5.99. The Balaban J connectivity index is 1.89. The van der Waals surface area contributed by atoms with Crippen LogP contribution in [0.15, 0.2) is 29.2 Å². The van der Waals surface area contributed by atoms with Crippen molar-refractivity contribution < 1.29 is 18.5 Å². The van der Waals surface area contributed by atoms with Gasteiger partial charge in [-0.25, -0.2) is 0 Å². The number of likely N-dealkylation sites (tertiary alicyclic amines) is 1. The van der Waals surface area contributed by atoms with Crippen molar-refractivity contribution in [2.24, 2.45) is 0 Å². The summed E-state index contributed by atoms with van der Waals surface area (Å²) in [5.41, 5.74) is 0.655. The van der Waals surface area contributed by atoms with E-state index in [4.69, 9.17) is 0 Å². The van der Waals surface area contributed by atoms with E-state index < -0.39 is 5.76 Å². The van der Waals surface area contributed by atoms with Gasteiger partial charge in [-0.15, -0.1) is 0 Å². The number of nitrogens with one attached hydrogen (secondary N) is 2. The highest BCUT2D eigenvalue weighted by Gasteiger charge is 2.26. The van der Waals surface area contributed by atoms with E-state index in [2.05, 4.69) is 5.32 Å². The second-order valence-corrected chi connectivity index (χ2v) is 6.40. The van der Waals surface area contributed by atoms with Crippen molar-refractivity contribution in [3.8, 4) is 0 Å². The Bertz CT molecular complexity index is 461. The summed E-state index contributed by atoms with van der Waals surface area (Å²) in [5, 5.41) is 2.86. The van der Waals surface area contributed by atoms with Gasteiger partial charge in [0.2, 0.25) is 0 Å². The molecule has 3 nitrogen and oxygen atoms in total. The summed E-state index contributed by atoms with van der Waals surface area (Å²) in [7, 11) is 0. The van der Waals surface area contributed by atoms with Crippen LogP contribution in [0.25, 0.3) is 0 Å². The number of carbonyl (C=O) groups is 1. The fraction of sp³-hybridized carbons (Fsp3) is 0.533. The van der Waals surface area contributed by atoms with Gasteiger partial charge in [0.1, 0.15) is 0 Å². The van der Waals surface area contributed by atoms with Gasteiger partial charge in [0.15, 0.2) is 6.04 Å². The predicted octanol–water partition coefficient (Wildman–Crippen LogP) is 2.40. The summed E-state index contributed by atoms with van der Waals surface area (Å²) in [4.78, 5) is 14.0. The van der Waals surface area contributed by atoms with E-state index >= 15 is 0 Å². The van der Waals surface area contributed by atoms with Gasteiger partial charge in [-0.2, -0.15) is 8.78 Å². The molecule has 0 aliphatic carbocycles. The third kappa shape index (κ3) is 4.97. The van der Waals surface area contributed by atoms with Crippen LogP contribution in [0, 0.1) is 0 Å². The summed E-state index contributed by atoms with van der Waals surface area (Å²) >= 11 is 0.505. The molecule has 0 radical (unpaired) electrons. The standard InChI is InChI=1S/C15H20F2N2OS/c1-11(19-9-3-2-4-10-19)14(20)18-12-5-7-13(8-6-12)21-15(16)17/h5-8,11,15H,2-4,9-10H2,1H3,(H,18,20)/p+1/t11-/m1/s1. The minimum Gasteiger partial charge on any atom is -0.325 e.